The first-order valence-electron chi connectivity index (χ1n) is 10.8. The molecule has 176 valence electrons. The Labute approximate surface area is 213 Å². The van der Waals surface area contributed by atoms with Crippen LogP contribution in [0.15, 0.2) is 64.4 Å². The largest absolute Gasteiger partial charge is 0.298 e. The summed E-state index contributed by atoms with van der Waals surface area (Å²) in [4.78, 5) is 27.0. The highest BCUT2D eigenvalue weighted by Crippen LogP contribution is 2.33. The molecule has 1 atom stereocenters. The van der Waals surface area contributed by atoms with Gasteiger partial charge in [0.25, 0.3) is 5.56 Å². The fourth-order valence-corrected chi connectivity index (χ4v) is 5.32. The molecule has 0 radical (unpaired) electrons. The number of nitrogens with zero attached hydrogens (tertiary/aromatic N) is 3. The molecule has 34 heavy (non-hydrogen) atoms. The highest BCUT2D eigenvalue weighted by atomic mass is 79.9. The van der Waals surface area contributed by atoms with Gasteiger partial charge in [-0.2, -0.15) is 5.10 Å². The van der Waals surface area contributed by atoms with E-state index < -0.39 is 10.8 Å². The van der Waals surface area contributed by atoms with Crippen LogP contribution in [0.3, 0.4) is 0 Å². The number of ketones is 1. The van der Waals surface area contributed by atoms with E-state index in [0.29, 0.717) is 49.6 Å². The lowest BCUT2D eigenvalue weighted by atomic mass is 9.94. The van der Waals surface area contributed by atoms with Gasteiger partial charge in [-0.1, -0.05) is 64.8 Å². The Morgan fingerprint density at radius 1 is 1.12 bits per heavy atom. The Balaban J connectivity index is 2.05. The first-order valence-corrected chi connectivity index (χ1v) is 13.8. The van der Waals surface area contributed by atoms with E-state index in [2.05, 4.69) is 21.0 Å². The van der Waals surface area contributed by atoms with Gasteiger partial charge in [-0.3, -0.25) is 23.0 Å². The van der Waals surface area contributed by atoms with Crippen LogP contribution in [0.4, 0.5) is 0 Å². The van der Waals surface area contributed by atoms with Crippen LogP contribution >= 0.6 is 27.5 Å². The zero-order valence-electron chi connectivity index (χ0n) is 18.8. The number of halogens is 2. The average Bonchev–Trinajstić information content (AvgIpc) is 3.23. The summed E-state index contributed by atoms with van der Waals surface area (Å²) in [5.41, 5.74) is 2.08. The van der Waals surface area contributed by atoms with Gasteiger partial charge in [-0.05, 0) is 35.2 Å². The van der Waals surface area contributed by atoms with Gasteiger partial charge in [-0.15, -0.1) is 0 Å². The number of hydrogen-bond donors (Lipinski definition) is 0. The van der Waals surface area contributed by atoms with Crippen LogP contribution < -0.4 is 5.56 Å². The Hall–Kier alpha value is -2.55. The van der Waals surface area contributed by atoms with Gasteiger partial charge in [0.1, 0.15) is 5.03 Å². The van der Waals surface area contributed by atoms with Gasteiger partial charge in [0.05, 0.1) is 35.3 Å². The highest BCUT2D eigenvalue weighted by Gasteiger charge is 2.24. The van der Waals surface area contributed by atoms with Gasteiger partial charge < -0.3 is 0 Å². The summed E-state index contributed by atoms with van der Waals surface area (Å²) in [5, 5.41) is 7.39. The van der Waals surface area contributed by atoms with E-state index in [1.165, 1.54) is 4.57 Å². The average molecular weight is 561 g/mol. The van der Waals surface area contributed by atoms with Gasteiger partial charge >= 0.3 is 0 Å². The highest BCUT2D eigenvalue weighted by molar-refractivity contribution is 9.09. The standard InChI is InChI=1S/C25H23BrClN3O3S/c1-3-21(31)24-23(16-7-5-4-6-8-16)20-13-17(27)9-10-19(20)25(32)29(24)15-18-14-22(34(2)33)30(28-18)12-11-26/h4-10,13-14H,3,11-12,15H2,1-2H3. The molecule has 0 aliphatic carbocycles. The van der Waals surface area contributed by atoms with Gasteiger partial charge in [0.2, 0.25) is 0 Å². The molecule has 2 aromatic heterocycles. The lowest BCUT2D eigenvalue weighted by Gasteiger charge is -2.19. The molecule has 4 aromatic rings. The van der Waals surface area contributed by atoms with Crippen molar-refractivity contribution in [2.75, 3.05) is 11.6 Å². The van der Waals surface area contributed by atoms with Gasteiger partial charge in [0, 0.05) is 34.0 Å². The molecular formula is C25H23BrClN3O3S. The zero-order valence-corrected chi connectivity index (χ0v) is 21.9. The molecule has 6 nitrogen and oxygen atoms in total. The summed E-state index contributed by atoms with van der Waals surface area (Å²) in [7, 11) is -1.25. The van der Waals surface area contributed by atoms with E-state index in [0.717, 1.165) is 5.56 Å². The van der Waals surface area contributed by atoms with Crippen LogP contribution in [-0.4, -0.2) is 35.9 Å². The normalized spacial score (nSPS) is 12.2. The molecule has 0 spiro atoms. The van der Waals surface area contributed by atoms with Crippen molar-refractivity contribution in [2.45, 2.75) is 31.5 Å². The molecule has 0 aliphatic rings. The summed E-state index contributed by atoms with van der Waals surface area (Å²) in [6.07, 6.45) is 1.82. The van der Waals surface area contributed by atoms with Crippen molar-refractivity contribution in [3.63, 3.8) is 0 Å². The summed E-state index contributed by atoms with van der Waals surface area (Å²) in [6, 6.07) is 16.4. The SMILES string of the molecule is CCC(=O)c1c(-c2ccccc2)c2cc(Cl)ccc2c(=O)n1Cc1cc(S(C)=O)n(CCBr)n1. The van der Waals surface area contributed by atoms with Gasteiger partial charge in [0.15, 0.2) is 5.78 Å². The van der Waals surface area contributed by atoms with Crippen molar-refractivity contribution in [2.24, 2.45) is 0 Å². The number of fused-ring (bicyclic) bond motifs is 1. The fraction of sp³-hybridized carbons (Fsp3) is 0.240. The second kappa shape index (κ2) is 10.4. The second-order valence-electron chi connectivity index (χ2n) is 7.79. The number of aryl methyl sites for hydroxylation is 1. The summed E-state index contributed by atoms with van der Waals surface area (Å²) < 4.78 is 15.4. The molecule has 0 bridgehead atoms. The summed E-state index contributed by atoms with van der Waals surface area (Å²) >= 11 is 9.70. The molecule has 2 heterocycles. The van der Waals surface area contributed by atoms with E-state index in [1.807, 2.05) is 30.3 Å². The number of carbonyl (C=O) groups excluding carboxylic acids is 1. The van der Waals surface area contributed by atoms with Crippen LogP contribution in [0.5, 0.6) is 0 Å². The van der Waals surface area contributed by atoms with Crippen molar-refractivity contribution in [1.29, 1.82) is 0 Å². The molecule has 0 saturated carbocycles. The molecular weight excluding hydrogens is 538 g/mol. The number of carbonyl (C=O) groups is 1. The van der Waals surface area contributed by atoms with E-state index in [1.54, 1.807) is 42.1 Å². The first-order chi connectivity index (χ1) is 16.3. The number of aromatic nitrogens is 3. The number of rotatable bonds is 8. The Bertz CT molecular complexity index is 1460. The molecule has 1 unspecified atom stereocenters. The predicted molar refractivity (Wildman–Crippen MR) is 141 cm³/mol. The van der Waals surface area contributed by atoms with E-state index in [-0.39, 0.29) is 24.3 Å². The topological polar surface area (TPSA) is 74.0 Å². The maximum atomic E-state index is 13.7. The number of alkyl halides is 1. The Morgan fingerprint density at radius 3 is 2.50 bits per heavy atom. The minimum atomic E-state index is -1.25. The Morgan fingerprint density at radius 2 is 1.85 bits per heavy atom. The minimum Gasteiger partial charge on any atom is -0.298 e. The summed E-state index contributed by atoms with van der Waals surface area (Å²) in [6.45, 7) is 2.39. The lowest BCUT2D eigenvalue weighted by molar-refractivity contribution is 0.0979. The maximum absolute atomic E-state index is 13.7. The molecule has 4 rings (SSSR count). The van der Waals surface area contributed by atoms with E-state index in [9.17, 15) is 13.8 Å². The number of Topliss-reactive ketones (excluding diaryl/α,β-unsaturated/α-hetero) is 1. The van der Waals surface area contributed by atoms with Crippen LogP contribution in [0.1, 0.15) is 29.5 Å². The van der Waals surface area contributed by atoms with E-state index in [4.69, 9.17) is 11.6 Å². The Kier molecular flexibility index (Phi) is 7.50. The third-order valence-electron chi connectivity index (χ3n) is 5.59. The van der Waals surface area contributed by atoms with Crippen LogP contribution in [-0.2, 0) is 23.9 Å². The van der Waals surface area contributed by atoms with E-state index >= 15 is 0 Å². The van der Waals surface area contributed by atoms with Crippen molar-refractivity contribution >= 4 is 54.9 Å². The molecule has 0 saturated heterocycles. The van der Waals surface area contributed by atoms with Crippen molar-refractivity contribution in [3.05, 3.63) is 81.4 Å². The van der Waals surface area contributed by atoms with Crippen molar-refractivity contribution < 1.29 is 9.00 Å². The van der Waals surface area contributed by atoms with Crippen LogP contribution in [0, 0.1) is 0 Å². The first kappa shape index (κ1) is 24.6. The third kappa shape index (κ3) is 4.67. The third-order valence-corrected chi connectivity index (χ3v) is 7.09. The zero-order chi connectivity index (χ0) is 24.4. The molecule has 0 amide bonds. The maximum Gasteiger partial charge on any atom is 0.259 e. The number of pyridine rings is 1. The number of hydrogen-bond acceptors (Lipinski definition) is 4. The number of benzene rings is 2. The second-order valence-corrected chi connectivity index (χ2v) is 10.3. The smallest absolute Gasteiger partial charge is 0.259 e. The quantitative estimate of drug-likeness (QED) is 0.217. The van der Waals surface area contributed by atoms with Crippen molar-refractivity contribution in [1.82, 2.24) is 14.3 Å². The fourth-order valence-electron chi connectivity index (χ4n) is 4.09. The predicted octanol–water partition coefficient (Wildman–Crippen LogP) is 5.29. The lowest BCUT2D eigenvalue weighted by Crippen LogP contribution is -2.28. The van der Waals surface area contributed by atoms with Crippen molar-refractivity contribution in [3.8, 4) is 11.1 Å². The molecule has 0 N–H and O–H groups in total. The summed E-state index contributed by atoms with van der Waals surface area (Å²) in [5.74, 6) is -0.156. The molecule has 9 heteroatoms. The molecule has 2 aromatic carbocycles. The molecule has 0 fully saturated rings. The van der Waals surface area contributed by atoms with Crippen LogP contribution in [0.2, 0.25) is 5.02 Å². The minimum absolute atomic E-state index is 0.0811. The van der Waals surface area contributed by atoms with Crippen LogP contribution in [0.25, 0.3) is 21.9 Å². The van der Waals surface area contributed by atoms with Gasteiger partial charge in [-0.25, -0.2) is 0 Å². The monoisotopic (exact) mass is 559 g/mol. The molecule has 0 aliphatic heterocycles.